The molecule has 0 heterocycles. The maximum Gasteiger partial charge on any atom is 0.580 e. The molecule has 0 aliphatic rings. The summed E-state index contributed by atoms with van der Waals surface area (Å²) in [6, 6.07) is 0. The van der Waals surface area contributed by atoms with Crippen molar-refractivity contribution in [3.63, 3.8) is 0 Å². The highest BCUT2D eigenvalue weighted by Crippen LogP contribution is 2.30. The van der Waals surface area contributed by atoms with Gasteiger partial charge in [-0.25, -0.2) is 0 Å². The molecule has 0 aliphatic carbocycles. The van der Waals surface area contributed by atoms with Gasteiger partial charge in [0.2, 0.25) is 5.41 Å². The fourth-order valence-electron chi connectivity index (χ4n) is 2.96. The van der Waals surface area contributed by atoms with Gasteiger partial charge in [0.1, 0.15) is 0 Å². The summed E-state index contributed by atoms with van der Waals surface area (Å²) in [6.45, 7) is 14.2. The molecule has 204 valence electrons. The lowest BCUT2D eigenvalue weighted by atomic mass is 10.2. The molecule has 11 heteroatoms. The lowest BCUT2D eigenvalue weighted by Gasteiger charge is -2.41. The van der Waals surface area contributed by atoms with Crippen molar-refractivity contribution in [1.29, 1.82) is 0 Å². The van der Waals surface area contributed by atoms with Gasteiger partial charge in [0.25, 0.3) is 0 Å². The van der Waals surface area contributed by atoms with E-state index in [1.54, 1.807) is 41.5 Å². The molecule has 0 saturated carbocycles. The van der Waals surface area contributed by atoms with E-state index in [9.17, 15) is 4.79 Å². The zero-order valence-electron chi connectivity index (χ0n) is 23.0. The number of methoxy groups -OCH3 is 3. The van der Waals surface area contributed by atoms with E-state index < -0.39 is 46.0 Å². The molecule has 0 amide bonds. The van der Waals surface area contributed by atoms with Crippen LogP contribution in [-0.4, -0.2) is 72.8 Å². The largest absolute Gasteiger partial charge is 0.580 e. The van der Waals surface area contributed by atoms with E-state index in [0.717, 1.165) is 12.8 Å². The summed E-state index contributed by atoms with van der Waals surface area (Å²) in [5, 5.41) is -0.282. The highest BCUT2D eigenvalue weighted by Gasteiger charge is 2.57. The highest BCUT2D eigenvalue weighted by molar-refractivity contribution is 6.92. The standard InChI is InChI=1S/C23H48O10Si/c1-12-14-15-16-22(24)34(31-20(6)28-17(3)25-9,32-21(7)29-18(4)26-10)33-23(8,13-2)30-19(5)27-11/h17-21H,12-16H2,1-11H3. The Bertz CT molecular complexity index is 532. The zero-order valence-corrected chi connectivity index (χ0v) is 24.0. The number of rotatable bonds is 21. The average molecular weight is 513 g/mol. The summed E-state index contributed by atoms with van der Waals surface area (Å²) in [5.41, 5.74) is 0. The van der Waals surface area contributed by atoms with Gasteiger partial charge >= 0.3 is 8.80 Å². The second-order valence-electron chi connectivity index (χ2n) is 8.20. The van der Waals surface area contributed by atoms with Crippen LogP contribution in [-0.2, 0) is 46.5 Å². The number of ether oxygens (including phenoxy) is 6. The Kier molecular flexibility index (Phi) is 16.8. The maximum atomic E-state index is 13.7. The first-order valence-electron chi connectivity index (χ1n) is 12.1. The fraction of sp³-hybridized carbons (Fsp3) is 0.957. The van der Waals surface area contributed by atoms with Gasteiger partial charge in [0, 0.05) is 27.8 Å². The number of hydrogen-bond acceptors (Lipinski definition) is 10. The Balaban J connectivity index is 6.25. The second-order valence-corrected chi connectivity index (χ2v) is 10.5. The van der Waals surface area contributed by atoms with Gasteiger partial charge in [-0.15, -0.1) is 0 Å². The van der Waals surface area contributed by atoms with Crippen LogP contribution in [0.5, 0.6) is 0 Å². The Labute approximate surface area is 207 Å². The van der Waals surface area contributed by atoms with Gasteiger partial charge in [0.05, 0.1) is 0 Å². The van der Waals surface area contributed by atoms with Gasteiger partial charge in [-0.05, 0) is 54.4 Å². The summed E-state index contributed by atoms with van der Waals surface area (Å²) in [4.78, 5) is 13.7. The van der Waals surface area contributed by atoms with Crippen molar-refractivity contribution in [2.45, 2.75) is 125 Å². The van der Waals surface area contributed by atoms with Crippen molar-refractivity contribution < 1.29 is 46.5 Å². The predicted molar refractivity (Wildman–Crippen MR) is 128 cm³/mol. The van der Waals surface area contributed by atoms with E-state index in [1.807, 2.05) is 6.92 Å². The summed E-state index contributed by atoms with van der Waals surface area (Å²) < 4.78 is 51.8. The minimum atomic E-state index is -4.15. The first kappa shape index (κ1) is 33.5. The maximum absolute atomic E-state index is 13.7. The van der Waals surface area contributed by atoms with E-state index in [4.69, 9.17) is 41.7 Å². The summed E-state index contributed by atoms with van der Waals surface area (Å²) >= 11 is 0. The van der Waals surface area contributed by atoms with Crippen LogP contribution in [0.2, 0.25) is 0 Å². The number of hydrogen-bond donors (Lipinski definition) is 0. The molecule has 0 fully saturated rings. The Morgan fingerprint density at radius 2 is 1.24 bits per heavy atom. The SMILES string of the molecule is CCCCCC(=O)[Si](OC(C)OC(C)OC)(OC(C)OC(C)OC)OC(C)(CC)OC(C)OC. The lowest BCUT2D eigenvalue weighted by Crippen LogP contribution is -2.62. The molecule has 0 spiro atoms. The fourth-order valence-corrected chi connectivity index (χ4v) is 5.72. The van der Waals surface area contributed by atoms with Crippen LogP contribution >= 0.6 is 0 Å². The minimum absolute atomic E-state index is 0.221. The minimum Gasteiger partial charge on any atom is -0.356 e. The van der Waals surface area contributed by atoms with Gasteiger partial charge in [0.15, 0.2) is 37.2 Å². The third-order valence-electron chi connectivity index (χ3n) is 5.16. The number of carbonyl (C=O) groups is 1. The van der Waals surface area contributed by atoms with E-state index in [2.05, 4.69) is 6.92 Å². The molecule has 0 saturated heterocycles. The normalized spacial score (nSPS) is 20.1. The topological polar surface area (TPSA) is 100 Å². The Morgan fingerprint density at radius 1 is 0.765 bits per heavy atom. The first-order chi connectivity index (χ1) is 15.9. The van der Waals surface area contributed by atoms with Crippen molar-refractivity contribution in [1.82, 2.24) is 0 Å². The van der Waals surface area contributed by atoms with Crippen LogP contribution in [0.4, 0.5) is 0 Å². The van der Waals surface area contributed by atoms with E-state index >= 15 is 0 Å². The van der Waals surface area contributed by atoms with Gasteiger partial charge in [-0.3, -0.25) is 4.79 Å². The lowest BCUT2D eigenvalue weighted by molar-refractivity contribution is -0.289. The smallest absolute Gasteiger partial charge is 0.356 e. The van der Waals surface area contributed by atoms with Crippen LogP contribution < -0.4 is 0 Å². The Hall–Kier alpha value is -0.473. The molecule has 0 aromatic rings. The molecule has 10 nitrogen and oxygen atoms in total. The Morgan fingerprint density at radius 3 is 1.62 bits per heavy atom. The summed E-state index contributed by atoms with van der Waals surface area (Å²) in [5.74, 6) is -1.23. The van der Waals surface area contributed by atoms with Gasteiger partial charge in [-0.1, -0.05) is 26.7 Å². The predicted octanol–water partition coefficient (Wildman–Crippen LogP) is 4.51. The van der Waals surface area contributed by atoms with E-state index in [-0.39, 0.29) is 11.8 Å². The van der Waals surface area contributed by atoms with Crippen LogP contribution in [0.1, 0.15) is 87.5 Å². The van der Waals surface area contributed by atoms with Gasteiger partial charge in [-0.2, -0.15) is 0 Å². The summed E-state index contributed by atoms with van der Waals surface area (Å²) in [6.07, 6.45) is -0.324. The van der Waals surface area contributed by atoms with Crippen molar-refractivity contribution in [2.75, 3.05) is 21.3 Å². The van der Waals surface area contributed by atoms with Crippen molar-refractivity contribution in [3.05, 3.63) is 0 Å². The molecule has 0 aromatic carbocycles. The summed E-state index contributed by atoms with van der Waals surface area (Å²) in [7, 11) is 0.405. The first-order valence-corrected chi connectivity index (χ1v) is 13.8. The quantitative estimate of drug-likeness (QED) is 0.124. The third-order valence-corrected chi connectivity index (χ3v) is 8.08. The molecule has 0 bridgehead atoms. The zero-order chi connectivity index (χ0) is 26.4. The van der Waals surface area contributed by atoms with Crippen LogP contribution in [0.15, 0.2) is 0 Å². The van der Waals surface area contributed by atoms with Crippen LogP contribution in [0, 0.1) is 0 Å². The molecule has 0 aromatic heterocycles. The molecule has 34 heavy (non-hydrogen) atoms. The molecule has 0 N–H and O–H groups in total. The van der Waals surface area contributed by atoms with Crippen molar-refractivity contribution >= 4 is 14.2 Å². The van der Waals surface area contributed by atoms with Crippen molar-refractivity contribution in [3.8, 4) is 0 Å². The molecular weight excluding hydrogens is 464 g/mol. The monoisotopic (exact) mass is 512 g/mol. The average Bonchev–Trinajstić information content (AvgIpc) is 2.78. The molecule has 0 rings (SSSR count). The molecular formula is C23H48O10Si. The van der Waals surface area contributed by atoms with Crippen LogP contribution in [0.3, 0.4) is 0 Å². The van der Waals surface area contributed by atoms with Crippen LogP contribution in [0.25, 0.3) is 0 Å². The second kappa shape index (κ2) is 17.1. The molecule has 6 unspecified atom stereocenters. The highest BCUT2D eigenvalue weighted by atomic mass is 28.4. The van der Waals surface area contributed by atoms with E-state index in [1.165, 1.54) is 21.3 Å². The van der Waals surface area contributed by atoms with Gasteiger partial charge < -0.3 is 41.7 Å². The molecule has 0 aliphatic heterocycles. The molecule has 0 radical (unpaired) electrons. The number of carbonyl (C=O) groups excluding carboxylic acids is 1. The third kappa shape index (κ3) is 12.5. The van der Waals surface area contributed by atoms with E-state index in [0.29, 0.717) is 12.8 Å². The molecule has 6 atom stereocenters. The number of unbranched alkanes of at least 4 members (excludes halogenated alkanes) is 2. The van der Waals surface area contributed by atoms with Crippen molar-refractivity contribution in [2.24, 2.45) is 0 Å².